The molecule has 82 valence electrons. The summed E-state index contributed by atoms with van der Waals surface area (Å²) >= 11 is 0. The summed E-state index contributed by atoms with van der Waals surface area (Å²) < 4.78 is 0. The summed E-state index contributed by atoms with van der Waals surface area (Å²) in [6.45, 7) is 3.60. The molecule has 15 heavy (non-hydrogen) atoms. The molecule has 0 aromatic carbocycles. The lowest BCUT2D eigenvalue weighted by Crippen LogP contribution is -2.24. The number of aliphatic hydroxyl groups is 1. The molecule has 1 fully saturated rings. The van der Waals surface area contributed by atoms with Crippen molar-refractivity contribution in [1.82, 2.24) is 10.2 Å². The average Bonchev–Trinajstić information content (AvgIpc) is 2.68. The summed E-state index contributed by atoms with van der Waals surface area (Å²) in [6, 6.07) is 3.62. The van der Waals surface area contributed by atoms with Crippen molar-refractivity contribution in [3.05, 3.63) is 12.1 Å². The van der Waals surface area contributed by atoms with Crippen LogP contribution in [0, 0.1) is 5.92 Å². The molecule has 5 nitrogen and oxygen atoms in total. The zero-order valence-corrected chi connectivity index (χ0v) is 8.80. The Labute approximate surface area is 88.9 Å². The Morgan fingerprint density at radius 1 is 1.53 bits per heavy atom. The van der Waals surface area contributed by atoms with Crippen LogP contribution in [0.3, 0.4) is 0 Å². The predicted molar refractivity (Wildman–Crippen MR) is 58.4 cm³/mol. The minimum absolute atomic E-state index is 0.253. The van der Waals surface area contributed by atoms with Crippen molar-refractivity contribution in [3.8, 4) is 0 Å². The maximum Gasteiger partial charge on any atom is 0.151 e. The van der Waals surface area contributed by atoms with Crippen LogP contribution in [-0.4, -0.2) is 34.5 Å². The van der Waals surface area contributed by atoms with Crippen LogP contribution in [0.1, 0.15) is 13.3 Å². The number of nitrogens with two attached hydrogens (primary N) is 1. The maximum absolute atomic E-state index is 9.48. The summed E-state index contributed by atoms with van der Waals surface area (Å²) in [6.07, 6.45) is 0.751. The van der Waals surface area contributed by atoms with Gasteiger partial charge >= 0.3 is 0 Å². The van der Waals surface area contributed by atoms with Gasteiger partial charge in [-0.15, -0.1) is 10.2 Å². The smallest absolute Gasteiger partial charge is 0.151 e. The molecule has 2 unspecified atom stereocenters. The number of nitrogens with zero attached hydrogens (tertiary/aromatic N) is 3. The second-order valence-corrected chi connectivity index (χ2v) is 4.05. The van der Waals surface area contributed by atoms with Gasteiger partial charge in [-0.2, -0.15) is 0 Å². The quantitative estimate of drug-likeness (QED) is 0.729. The zero-order valence-electron chi connectivity index (χ0n) is 8.80. The fraction of sp³-hybridized carbons (Fsp3) is 0.600. The van der Waals surface area contributed by atoms with E-state index in [0.717, 1.165) is 25.3 Å². The average molecular weight is 208 g/mol. The topological polar surface area (TPSA) is 75.3 Å². The van der Waals surface area contributed by atoms with Gasteiger partial charge in [0.15, 0.2) is 5.82 Å². The number of aromatic nitrogens is 2. The van der Waals surface area contributed by atoms with E-state index in [-0.39, 0.29) is 6.10 Å². The summed E-state index contributed by atoms with van der Waals surface area (Å²) in [5, 5.41) is 17.3. The monoisotopic (exact) mass is 208 g/mol. The van der Waals surface area contributed by atoms with Crippen LogP contribution in [-0.2, 0) is 0 Å². The highest BCUT2D eigenvalue weighted by Crippen LogP contribution is 2.23. The lowest BCUT2D eigenvalue weighted by molar-refractivity contribution is 0.136. The molecule has 2 heterocycles. The van der Waals surface area contributed by atoms with Crippen LogP contribution in [0.4, 0.5) is 11.6 Å². The first kappa shape index (κ1) is 10.2. The van der Waals surface area contributed by atoms with Crippen molar-refractivity contribution in [2.24, 2.45) is 5.92 Å². The van der Waals surface area contributed by atoms with Gasteiger partial charge in [-0.25, -0.2) is 0 Å². The van der Waals surface area contributed by atoms with E-state index < -0.39 is 0 Å². The molecule has 2 rings (SSSR count). The Balaban J connectivity index is 2.04. The van der Waals surface area contributed by atoms with Crippen molar-refractivity contribution < 1.29 is 5.11 Å². The molecule has 0 saturated carbocycles. The van der Waals surface area contributed by atoms with Gasteiger partial charge in [-0.05, 0) is 25.5 Å². The van der Waals surface area contributed by atoms with Gasteiger partial charge in [-0.1, -0.05) is 0 Å². The summed E-state index contributed by atoms with van der Waals surface area (Å²) in [7, 11) is 0. The van der Waals surface area contributed by atoms with Crippen LogP contribution < -0.4 is 10.6 Å². The molecule has 1 aliphatic rings. The second-order valence-electron chi connectivity index (χ2n) is 4.05. The minimum atomic E-state index is -0.253. The second kappa shape index (κ2) is 4.02. The minimum Gasteiger partial charge on any atom is -0.393 e. The zero-order chi connectivity index (χ0) is 10.8. The molecule has 1 aromatic heterocycles. The van der Waals surface area contributed by atoms with Crippen molar-refractivity contribution >= 4 is 11.6 Å². The molecule has 0 bridgehead atoms. The third-order valence-corrected chi connectivity index (χ3v) is 2.90. The number of hydrogen-bond acceptors (Lipinski definition) is 5. The first-order valence-corrected chi connectivity index (χ1v) is 5.19. The highest BCUT2D eigenvalue weighted by Gasteiger charge is 2.26. The van der Waals surface area contributed by atoms with Crippen molar-refractivity contribution in [3.63, 3.8) is 0 Å². The molecule has 2 atom stereocenters. The summed E-state index contributed by atoms with van der Waals surface area (Å²) in [5.41, 5.74) is 5.47. The van der Waals surface area contributed by atoms with E-state index in [0.29, 0.717) is 11.7 Å². The number of rotatable bonds is 2. The van der Waals surface area contributed by atoms with E-state index in [2.05, 4.69) is 15.1 Å². The molecule has 1 saturated heterocycles. The van der Waals surface area contributed by atoms with E-state index in [1.165, 1.54) is 0 Å². The molecule has 0 spiro atoms. The highest BCUT2D eigenvalue weighted by atomic mass is 16.3. The molecule has 0 aliphatic carbocycles. The van der Waals surface area contributed by atoms with E-state index in [1.807, 2.05) is 13.0 Å². The van der Waals surface area contributed by atoms with E-state index in [1.54, 1.807) is 6.07 Å². The number of nitrogen functional groups attached to an aromatic ring is 1. The Morgan fingerprint density at radius 2 is 2.33 bits per heavy atom. The van der Waals surface area contributed by atoms with Crippen LogP contribution in [0.2, 0.25) is 0 Å². The Morgan fingerprint density at radius 3 is 2.87 bits per heavy atom. The van der Waals surface area contributed by atoms with Crippen molar-refractivity contribution in [2.75, 3.05) is 23.7 Å². The lowest BCUT2D eigenvalue weighted by Gasteiger charge is -2.17. The Kier molecular flexibility index (Phi) is 2.73. The molecular weight excluding hydrogens is 192 g/mol. The maximum atomic E-state index is 9.48. The van der Waals surface area contributed by atoms with Gasteiger partial charge in [-0.3, -0.25) is 0 Å². The van der Waals surface area contributed by atoms with Gasteiger partial charge < -0.3 is 15.7 Å². The standard InChI is InChI=1S/C10H16N4O/c1-7(15)8-4-5-14(6-8)10-3-2-9(11)12-13-10/h2-3,7-8,15H,4-6H2,1H3,(H2,11,12). The highest BCUT2D eigenvalue weighted by molar-refractivity contribution is 5.42. The van der Waals surface area contributed by atoms with Gasteiger partial charge in [0.2, 0.25) is 0 Å². The molecular formula is C10H16N4O. The first-order chi connectivity index (χ1) is 7.16. The Hall–Kier alpha value is -1.36. The van der Waals surface area contributed by atoms with Gasteiger partial charge in [0.25, 0.3) is 0 Å². The van der Waals surface area contributed by atoms with Crippen LogP contribution >= 0.6 is 0 Å². The Bertz CT molecular complexity index is 325. The fourth-order valence-corrected chi connectivity index (χ4v) is 1.89. The normalized spacial score (nSPS) is 23.1. The van der Waals surface area contributed by atoms with Gasteiger partial charge in [0.05, 0.1) is 6.10 Å². The van der Waals surface area contributed by atoms with E-state index >= 15 is 0 Å². The van der Waals surface area contributed by atoms with Gasteiger partial charge in [0.1, 0.15) is 5.82 Å². The van der Waals surface area contributed by atoms with Crippen LogP contribution in [0.5, 0.6) is 0 Å². The molecule has 5 heteroatoms. The largest absolute Gasteiger partial charge is 0.393 e. The van der Waals surface area contributed by atoms with Gasteiger partial charge in [0, 0.05) is 19.0 Å². The third kappa shape index (κ3) is 2.18. The molecule has 1 aliphatic heterocycles. The first-order valence-electron chi connectivity index (χ1n) is 5.19. The number of aliphatic hydroxyl groups excluding tert-OH is 1. The van der Waals surface area contributed by atoms with E-state index in [4.69, 9.17) is 5.73 Å². The van der Waals surface area contributed by atoms with Crippen molar-refractivity contribution in [2.45, 2.75) is 19.4 Å². The number of anilines is 2. The third-order valence-electron chi connectivity index (χ3n) is 2.90. The number of hydrogen-bond donors (Lipinski definition) is 2. The van der Waals surface area contributed by atoms with Crippen molar-refractivity contribution in [1.29, 1.82) is 0 Å². The fourth-order valence-electron chi connectivity index (χ4n) is 1.89. The molecule has 0 radical (unpaired) electrons. The van der Waals surface area contributed by atoms with E-state index in [9.17, 15) is 5.11 Å². The van der Waals surface area contributed by atoms with Crippen LogP contribution in [0.15, 0.2) is 12.1 Å². The van der Waals surface area contributed by atoms with Crippen LogP contribution in [0.25, 0.3) is 0 Å². The lowest BCUT2D eigenvalue weighted by atomic mass is 10.0. The molecule has 0 amide bonds. The predicted octanol–water partition coefficient (Wildman–Crippen LogP) is 0.266. The summed E-state index contributed by atoms with van der Waals surface area (Å²) in [5.74, 6) is 1.61. The summed E-state index contributed by atoms with van der Waals surface area (Å²) in [4.78, 5) is 2.13. The molecule has 3 N–H and O–H groups in total. The SMILES string of the molecule is CC(O)C1CCN(c2ccc(N)nn2)C1. The molecule has 1 aromatic rings.